The maximum atomic E-state index is 11.8. The highest BCUT2D eigenvalue weighted by atomic mass is 17.2. The van der Waals surface area contributed by atoms with E-state index in [1.807, 2.05) is 27.7 Å². The molecule has 0 aromatic heterocycles. The summed E-state index contributed by atoms with van der Waals surface area (Å²) < 4.78 is 0. The third kappa shape index (κ3) is 16.6. The number of hydrogen-bond donors (Lipinski definition) is 1. The smallest absolute Gasteiger partial charge is 0.251 e. The van der Waals surface area contributed by atoms with Crippen molar-refractivity contribution in [3.63, 3.8) is 0 Å². The second-order valence-corrected chi connectivity index (χ2v) is 9.89. The Morgan fingerprint density at radius 2 is 1.13 bits per heavy atom. The van der Waals surface area contributed by atoms with Crippen LogP contribution in [0.3, 0.4) is 0 Å². The van der Waals surface area contributed by atoms with Gasteiger partial charge in [-0.2, -0.15) is 0 Å². The maximum absolute atomic E-state index is 11.8. The van der Waals surface area contributed by atoms with E-state index in [2.05, 4.69) is 39.5 Å². The number of unbranched alkanes of at least 4 members (excludes halogenated alkanes) is 2. The molecular weight excluding hydrogens is 384 g/mol. The molecule has 0 aliphatic carbocycles. The standard InChI is InChI=1S/C16H30O4.C8H18O2/c1-5-9-11-13(7-3)15(17)19-20-16(18)14(8-4)12-10-6-2;1-7(2,3)6-8(4,5)10-9/h13-14H,5-12H2,1-4H3;9H,6H2,1-5H3. The van der Waals surface area contributed by atoms with Crippen LogP contribution in [0.2, 0.25) is 0 Å². The van der Waals surface area contributed by atoms with Gasteiger partial charge in [0.05, 0.1) is 17.4 Å². The van der Waals surface area contributed by atoms with E-state index in [9.17, 15) is 9.59 Å². The first kappa shape index (κ1) is 31.0. The van der Waals surface area contributed by atoms with E-state index in [4.69, 9.17) is 15.0 Å². The average molecular weight is 433 g/mol. The Labute approximate surface area is 184 Å². The Hall–Kier alpha value is -1.14. The first-order valence-corrected chi connectivity index (χ1v) is 11.6. The quantitative estimate of drug-likeness (QED) is 0.261. The van der Waals surface area contributed by atoms with Gasteiger partial charge in [-0.05, 0) is 51.4 Å². The Morgan fingerprint density at radius 3 is 1.33 bits per heavy atom. The number of carbonyl (C=O) groups is 2. The third-order valence-corrected chi connectivity index (χ3v) is 4.87. The summed E-state index contributed by atoms with van der Waals surface area (Å²) >= 11 is 0. The Balaban J connectivity index is 0. The van der Waals surface area contributed by atoms with Crippen LogP contribution in [-0.4, -0.2) is 22.8 Å². The molecule has 180 valence electrons. The summed E-state index contributed by atoms with van der Waals surface area (Å²) in [6, 6.07) is 0. The maximum Gasteiger partial charge on any atom is 0.358 e. The van der Waals surface area contributed by atoms with Gasteiger partial charge in [-0.25, -0.2) is 24.3 Å². The largest absolute Gasteiger partial charge is 0.358 e. The van der Waals surface area contributed by atoms with Crippen LogP contribution in [-0.2, 0) is 24.3 Å². The van der Waals surface area contributed by atoms with Gasteiger partial charge in [-0.3, -0.25) is 5.26 Å². The Kier molecular flexibility index (Phi) is 17.1. The lowest BCUT2D eigenvalue weighted by molar-refractivity contribution is -0.318. The van der Waals surface area contributed by atoms with Gasteiger partial charge >= 0.3 is 11.9 Å². The fourth-order valence-corrected chi connectivity index (χ4v) is 3.41. The molecule has 2 unspecified atom stereocenters. The van der Waals surface area contributed by atoms with Crippen LogP contribution in [0.25, 0.3) is 0 Å². The highest BCUT2D eigenvalue weighted by molar-refractivity contribution is 5.75. The lowest BCUT2D eigenvalue weighted by atomic mass is 9.84. The molecule has 0 spiro atoms. The van der Waals surface area contributed by atoms with Crippen molar-refractivity contribution < 1.29 is 29.5 Å². The summed E-state index contributed by atoms with van der Waals surface area (Å²) in [5, 5.41) is 8.46. The van der Waals surface area contributed by atoms with Gasteiger partial charge in [-0.1, -0.05) is 74.1 Å². The summed E-state index contributed by atoms with van der Waals surface area (Å²) in [4.78, 5) is 37.4. The van der Waals surface area contributed by atoms with Crippen molar-refractivity contribution in [1.29, 1.82) is 0 Å². The molecule has 0 aromatic carbocycles. The zero-order valence-corrected chi connectivity index (χ0v) is 21.0. The zero-order valence-electron chi connectivity index (χ0n) is 21.0. The van der Waals surface area contributed by atoms with E-state index in [0.717, 1.165) is 44.9 Å². The lowest BCUT2D eigenvalue weighted by Gasteiger charge is -2.29. The van der Waals surface area contributed by atoms with Crippen molar-refractivity contribution >= 4 is 11.9 Å². The molecule has 0 radical (unpaired) electrons. The van der Waals surface area contributed by atoms with E-state index >= 15 is 0 Å². The van der Waals surface area contributed by atoms with Crippen molar-refractivity contribution in [2.24, 2.45) is 17.3 Å². The van der Waals surface area contributed by atoms with Crippen LogP contribution < -0.4 is 0 Å². The summed E-state index contributed by atoms with van der Waals surface area (Å²) in [5.74, 6) is -1.17. The second-order valence-electron chi connectivity index (χ2n) is 9.89. The molecule has 1 N–H and O–H groups in total. The minimum atomic E-state index is -0.418. The summed E-state index contributed by atoms with van der Waals surface area (Å²) in [6.07, 6.45) is 7.89. The molecule has 30 heavy (non-hydrogen) atoms. The molecule has 0 fully saturated rings. The monoisotopic (exact) mass is 432 g/mol. The van der Waals surface area contributed by atoms with Gasteiger partial charge in [-0.15, -0.1) is 0 Å². The van der Waals surface area contributed by atoms with Gasteiger partial charge < -0.3 is 0 Å². The van der Waals surface area contributed by atoms with Crippen LogP contribution in [0, 0.1) is 17.3 Å². The molecule has 0 aliphatic heterocycles. The van der Waals surface area contributed by atoms with E-state index in [-0.39, 0.29) is 17.3 Å². The molecule has 0 aromatic rings. The summed E-state index contributed by atoms with van der Waals surface area (Å²) in [5.41, 5.74) is -0.218. The van der Waals surface area contributed by atoms with Crippen LogP contribution in [0.5, 0.6) is 0 Å². The van der Waals surface area contributed by atoms with Crippen molar-refractivity contribution in [3.05, 3.63) is 0 Å². The fraction of sp³-hybridized carbons (Fsp3) is 0.917. The molecule has 0 heterocycles. The lowest BCUT2D eigenvalue weighted by Crippen LogP contribution is -2.28. The first-order chi connectivity index (χ1) is 13.9. The highest BCUT2D eigenvalue weighted by Crippen LogP contribution is 2.28. The van der Waals surface area contributed by atoms with Crippen LogP contribution in [0.4, 0.5) is 0 Å². The van der Waals surface area contributed by atoms with Crippen LogP contribution >= 0.6 is 0 Å². The zero-order chi connectivity index (χ0) is 23.8. The molecule has 6 nitrogen and oxygen atoms in total. The third-order valence-electron chi connectivity index (χ3n) is 4.87. The predicted molar refractivity (Wildman–Crippen MR) is 121 cm³/mol. The molecule has 0 rings (SSSR count). The summed E-state index contributed by atoms with van der Waals surface area (Å²) in [6.45, 7) is 18.2. The topological polar surface area (TPSA) is 82.1 Å². The number of hydrogen-bond acceptors (Lipinski definition) is 6. The molecule has 0 bridgehead atoms. The molecule has 2 atom stereocenters. The molecule has 0 aliphatic rings. The SMILES string of the molecule is CC(C)(C)CC(C)(C)OO.CCCCC(CC)C(=O)OOC(=O)C(CC)CCCC. The van der Waals surface area contributed by atoms with Gasteiger partial charge in [0.25, 0.3) is 0 Å². The van der Waals surface area contributed by atoms with E-state index in [1.165, 1.54) is 0 Å². The molecular formula is C24H48O6. The molecule has 6 heteroatoms. The van der Waals surface area contributed by atoms with Crippen molar-refractivity contribution in [3.8, 4) is 0 Å². The van der Waals surface area contributed by atoms with E-state index in [0.29, 0.717) is 12.8 Å². The Bertz CT molecular complexity index is 425. The van der Waals surface area contributed by atoms with Crippen molar-refractivity contribution in [2.75, 3.05) is 0 Å². The van der Waals surface area contributed by atoms with Gasteiger partial charge in [0.2, 0.25) is 0 Å². The van der Waals surface area contributed by atoms with E-state index in [1.54, 1.807) is 0 Å². The van der Waals surface area contributed by atoms with E-state index < -0.39 is 17.5 Å². The van der Waals surface area contributed by atoms with Gasteiger partial charge in [0.1, 0.15) is 0 Å². The summed E-state index contributed by atoms with van der Waals surface area (Å²) in [7, 11) is 0. The van der Waals surface area contributed by atoms with Crippen LogP contribution in [0.1, 0.15) is 120 Å². The average Bonchev–Trinajstić information content (AvgIpc) is 2.66. The molecule has 0 saturated carbocycles. The fourth-order valence-electron chi connectivity index (χ4n) is 3.41. The van der Waals surface area contributed by atoms with Gasteiger partial charge in [0, 0.05) is 0 Å². The second kappa shape index (κ2) is 16.5. The normalized spacial score (nSPS) is 13.7. The van der Waals surface area contributed by atoms with Gasteiger partial charge in [0.15, 0.2) is 0 Å². The Morgan fingerprint density at radius 1 is 0.767 bits per heavy atom. The predicted octanol–water partition coefficient (Wildman–Crippen LogP) is 7.11. The van der Waals surface area contributed by atoms with Crippen molar-refractivity contribution in [1.82, 2.24) is 0 Å². The molecule has 0 saturated heterocycles. The number of carbonyl (C=O) groups excluding carboxylic acids is 2. The minimum Gasteiger partial charge on any atom is -0.251 e. The van der Waals surface area contributed by atoms with Crippen molar-refractivity contribution in [2.45, 2.75) is 126 Å². The van der Waals surface area contributed by atoms with Crippen LogP contribution in [0.15, 0.2) is 0 Å². The minimum absolute atomic E-state index is 0.168. The molecule has 0 amide bonds. The first-order valence-electron chi connectivity index (χ1n) is 11.6. The number of rotatable bonds is 12. The highest BCUT2D eigenvalue weighted by Gasteiger charge is 2.26.